The number of carbonyl (C=O) groups is 1. The first-order chi connectivity index (χ1) is 16.1. The molecule has 3 aromatic rings. The molecule has 1 fully saturated rings. The zero-order valence-electron chi connectivity index (χ0n) is 19.2. The number of nitrogens with zero attached hydrogens (tertiary/aromatic N) is 3. The lowest BCUT2D eigenvalue weighted by atomic mass is 9.78. The predicted molar refractivity (Wildman–Crippen MR) is 125 cm³/mol. The summed E-state index contributed by atoms with van der Waals surface area (Å²) >= 11 is 0. The van der Waals surface area contributed by atoms with E-state index in [1.54, 1.807) is 17.1 Å². The van der Waals surface area contributed by atoms with E-state index in [-0.39, 0.29) is 17.2 Å². The molecule has 7 nitrogen and oxygen atoms in total. The fourth-order valence-corrected chi connectivity index (χ4v) is 5.09. The fourth-order valence-electron chi connectivity index (χ4n) is 5.09. The zero-order valence-corrected chi connectivity index (χ0v) is 19.2. The van der Waals surface area contributed by atoms with Crippen molar-refractivity contribution < 1.29 is 14.3 Å². The average molecular weight is 447 g/mol. The third-order valence-electron chi connectivity index (χ3n) is 6.77. The maximum atomic E-state index is 13.3. The third-order valence-corrected chi connectivity index (χ3v) is 6.77. The van der Waals surface area contributed by atoms with Gasteiger partial charge >= 0.3 is 0 Å². The van der Waals surface area contributed by atoms with Crippen LogP contribution >= 0.6 is 0 Å². The van der Waals surface area contributed by atoms with E-state index in [1.807, 2.05) is 24.3 Å². The van der Waals surface area contributed by atoms with Gasteiger partial charge in [-0.2, -0.15) is 5.10 Å². The van der Waals surface area contributed by atoms with E-state index in [2.05, 4.69) is 41.4 Å². The molecule has 3 heterocycles. The van der Waals surface area contributed by atoms with E-state index in [1.165, 1.54) is 5.56 Å². The highest BCUT2D eigenvalue weighted by molar-refractivity contribution is 5.95. The number of amides is 1. The van der Waals surface area contributed by atoms with E-state index in [4.69, 9.17) is 9.47 Å². The van der Waals surface area contributed by atoms with E-state index in [0.29, 0.717) is 31.1 Å². The lowest BCUT2D eigenvalue weighted by molar-refractivity contribution is 0.0941. The number of rotatable bonds is 6. The molecule has 7 heteroatoms. The summed E-state index contributed by atoms with van der Waals surface area (Å²) in [5.74, 6) is 2.34. The van der Waals surface area contributed by atoms with Crippen molar-refractivity contribution in [2.24, 2.45) is 0 Å². The minimum Gasteiger partial charge on any atom is -0.486 e. The summed E-state index contributed by atoms with van der Waals surface area (Å²) < 4.78 is 13.3. The summed E-state index contributed by atoms with van der Waals surface area (Å²) in [6, 6.07) is 11.9. The molecule has 1 aromatic carbocycles. The number of benzene rings is 1. The standard InChI is InChI=1S/C26H30N4O3/c1-18(2)24-20(16-29-30(24)23-7-3-6-12-27-23)25(31)28-17-26(10-4-5-11-26)19-8-9-21-22(15-19)33-14-13-32-21/h3,6-9,12,15-16,18H,4-5,10-11,13-14,17H2,1-2H3,(H,28,31). The largest absolute Gasteiger partial charge is 0.486 e. The number of fused-ring (bicyclic) bond motifs is 1. The normalized spacial score (nSPS) is 16.7. The highest BCUT2D eigenvalue weighted by atomic mass is 16.6. The molecule has 0 bridgehead atoms. The number of pyridine rings is 1. The molecule has 0 saturated heterocycles. The average Bonchev–Trinajstić information content (AvgIpc) is 3.51. The smallest absolute Gasteiger partial charge is 0.254 e. The second-order valence-corrected chi connectivity index (χ2v) is 9.23. The van der Waals surface area contributed by atoms with Crippen LogP contribution in [0.1, 0.15) is 67.1 Å². The van der Waals surface area contributed by atoms with Gasteiger partial charge in [-0.25, -0.2) is 9.67 Å². The Morgan fingerprint density at radius 1 is 1.12 bits per heavy atom. The van der Waals surface area contributed by atoms with E-state index in [0.717, 1.165) is 42.9 Å². The van der Waals surface area contributed by atoms with Gasteiger partial charge < -0.3 is 14.8 Å². The Morgan fingerprint density at radius 3 is 2.64 bits per heavy atom. The maximum Gasteiger partial charge on any atom is 0.254 e. The third kappa shape index (κ3) is 4.08. The van der Waals surface area contributed by atoms with Crippen molar-refractivity contribution >= 4 is 5.91 Å². The molecule has 1 N–H and O–H groups in total. The van der Waals surface area contributed by atoms with Crippen LogP contribution in [-0.4, -0.2) is 40.4 Å². The Hall–Kier alpha value is -3.35. The van der Waals surface area contributed by atoms with E-state index >= 15 is 0 Å². The molecule has 0 atom stereocenters. The first-order valence-electron chi connectivity index (χ1n) is 11.7. The van der Waals surface area contributed by atoms with Crippen LogP contribution in [0.15, 0.2) is 48.8 Å². The highest BCUT2D eigenvalue weighted by Gasteiger charge is 2.37. The lowest BCUT2D eigenvalue weighted by Gasteiger charge is -2.31. The molecule has 0 radical (unpaired) electrons. The molecule has 5 rings (SSSR count). The molecule has 1 amide bonds. The molecule has 33 heavy (non-hydrogen) atoms. The molecular formula is C26H30N4O3. The minimum atomic E-state index is -0.0968. The zero-order chi connectivity index (χ0) is 22.8. The Balaban J connectivity index is 1.39. The molecule has 0 spiro atoms. The van der Waals surface area contributed by atoms with E-state index in [9.17, 15) is 4.79 Å². The minimum absolute atomic E-state index is 0.0929. The number of hydrogen-bond donors (Lipinski definition) is 1. The van der Waals surface area contributed by atoms with Gasteiger partial charge in [0, 0.05) is 18.2 Å². The highest BCUT2D eigenvalue weighted by Crippen LogP contribution is 2.44. The van der Waals surface area contributed by atoms with Crippen LogP contribution in [0.5, 0.6) is 11.5 Å². The molecular weight excluding hydrogens is 416 g/mol. The summed E-state index contributed by atoms with van der Waals surface area (Å²) in [6.07, 6.45) is 7.77. The van der Waals surface area contributed by atoms with Gasteiger partial charge in [-0.1, -0.05) is 38.8 Å². The van der Waals surface area contributed by atoms with Gasteiger partial charge in [-0.15, -0.1) is 0 Å². The topological polar surface area (TPSA) is 78.3 Å². The lowest BCUT2D eigenvalue weighted by Crippen LogP contribution is -2.39. The van der Waals surface area contributed by atoms with Crippen LogP contribution in [0.4, 0.5) is 0 Å². The molecule has 1 aliphatic carbocycles. The van der Waals surface area contributed by atoms with Gasteiger partial charge in [0.05, 0.1) is 17.5 Å². The van der Waals surface area contributed by atoms with Crippen molar-refractivity contribution in [2.45, 2.75) is 50.9 Å². The molecule has 0 unspecified atom stereocenters. The Labute approximate surface area is 194 Å². The summed E-state index contributed by atoms with van der Waals surface area (Å²) in [6.45, 7) is 5.87. The second-order valence-electron chi connectivity index (χ2n) is 9.23. The first-order valence-corrected chi connectivity index (χ1v) is 11.7. The summed E-state index contributed by atoms with van der Waals surface area (Å²) in [5.41, 5.74) is 2.58. The van der Waals surface area contributed by atoms with Crippen LogP contribution in [-0.2, 0) is 5.41 Å². The Bertz CT molecular complexity index is 1130. The summed E-state index contributed by atoms with van der Waals surface area (Å²) in [4.78, 5) is 17.8. The SMILES string of the molecule is CC(C)c1c(C(=O)NCC2(c3ccc4c(c3)OCCO4)CCCC2)cnn1-c1ccccn1. The monoisotopic (exact) mass is 446 g/mol. The van der Waals surface area contributed by atoms with Crippen LogP contribution in [0, 0.1) is 0 Å². The maximum absolute atomic E-state index is 13.3. The summed E-state index contributed by atoms with van der Waals surface area (Å²) in [7, 11) is 0. The molecule has 1 saturated carbocycles. The van der Waals surface area contributed by atoms with Crippen LogP contribution < -0.4 is 14.8 Å². The van der Waals surface area contributed by atoms with Crippen LogP contribution in [0.2, 0.25) is 0 Å². The van der Waals surface area contributed by atoms with Gasteiger partial charge in [0.15, 0.2) is 17.3 Å². The molecule has 172 valence electrons. The Morgan fingerprint density at radius 2 is 1.91 bits per heavy atom. The quantitative estimate of drug-likeness (QED) is 0.607. The van der Waals surface area contributed by atoms with Crippen molar-refractivity contribution in [2.75, 3.05) is 19.8 Å². The predicted octanol–water partition coefficient (Wildman–Crippen LogP) is 4.40. The van der Waals surface area contributed by atoms with E-state index < -0.39 is 0 Å². The van der Waals surface area contributed by atoms with Gasteiger partial charge in [0.25, 0.3) is 5.91 Å². The number of nitrogens with one attached hydrogen (secondary N) is 1. The second kappa shape index (κ2) is 8.89. The molecule has 2 aromatic heterocycles. The number of ether oxygens (including phenoxy) is 2. The molecule has 2 aliphatic rings. The fraction of sp³-hybridized carbons (Fsp3) is 0.423. The van der Waals surface area contributed by atoms with Crippen LogP contribution in [0.3, 0.4) is 0 Å². The number of aromatic nitrogens is 3. The van der Waals surface area contributed by atoms with Gasteiger partial charge in [-0.05, 0) is 48.6 Å². The van der Waals surface area contributed by atoms with Gasteiger partial charge in [0.1, 0.15) is 13.2 Å². The number of hydrogen-bond acceptors (Lipinski definition) is 5. The van der Waals surface area contributed by atoms with Crippen molar-refractivity contribution in [1.82, 2.24) is 20.1 Å². The van der Waals surface area contributed by atoms with Crippen molar-refractivity contribution in [3.63, 3.8) is 0 Å². The Kier molecular flexibility index (Phi) is 5.79. The van der Waals surface area contributed by atoms with Crippen LogP contribution in [0.25, 0.3) is 5.82 Å². The molecule has 1 aliphatic heterocycles. The number of carbonyl (C=O) groups excluding carboxylic acids is 1. The van der Waals surface area contributed by atoms with Crippen molar-refractivity contribution in [3.05, 3.63) is 65.6 Å². The first kappa shape index (κ1) is 21.5. The summed E-state index contributed by atoms with van der Waals surface area (Å²) in [5, 5.41) is 7.73. The van der Waals surface area contributed by atoms with Crippen molar-refractivity contribution in [1.29, 1.82) is 0 Å². The van der Waals surface area contributed by atoms with Gasteiger partial charge in [0.2, 0.25) is 0 Å². The van der Waals surface area contributed by atoms with Crippen molar-refractivity contribution in [3.8, 4) is 17.3 Å². The van der Waals surface area contributed by atoms with Gasteiger partial charge in [-0.3, -0.25) is 4.79 Å².